The predicted molar refractivity (Wildman–Crippen MR) is 277 cm³/mol. The first-order chi connectivity index (χ1) is 33.6. The molecule has 1 atom stereocenters. The second kappa shape index (κ2) is 19.6. The van der Waals surface area contributed by atoms with Crippen molar-refractivity contribution in [3.63, 3.8) is 0 Å². The second-order valence-corrected chi connectivity index (χ2v) is 21.1. The molecular weight excluding hydrogens is 880 g/mol. The summed E-state index contributed by atoms with van der Waals surface area (Å²) in [6.07, 6.45) is 0. The van der Waals surface area contributed by atoms with Gasteiger partial charge in [-0.05, 0) is 24.3 Å². The first-order valence-electron chi connectivity index (χ1n) is 22.5. The van der Waals surface area contributed by atoms with Crippen LogP contribution in [0.25, 0.3) is 0 Å². The standard InChI is InChI=1S/C60H53O8P/c1-64-50-25-33-55(34-26-50)69(56-35-27-51(65-2)28-36-56,57-37-29-52(66-3)30-38-57,58-39-31-53(67-4)32-40-58)68-54-23-15-46(16-24-54)60(45-13-21-49(63)22-14-45)42-7-5-41(6-8-42)59(43-9-17-47(61)18-10-43)44-11-19-48(62)20-12-44/h5-40,59-63H,1-4H3. The first kappa shape index (κ1) is 45.9. The monoisotopic (exact) mass is 932 g/mol. The molecule has 0 aliphatic rings. The Hall–Kier alpha value is -8.19. The normalized spacial score (nSPS) is 12.3. The minimum atomic E-state index is -4.32. The molecular formula is C60H53O8P. The summed E-state index contributed by atoms with van der Waals surface area (Å²) in [5, 5.41) is 34.4. The number of phenols is 3. The van der Waals surface area contributed by atoms with Crippen molar-refractivity contribution in [1.29, 1.82) is 0 Å². The fraction of sp³-hybridized carbons (Fsp3) is 0.100. The van der Waals surface area contributed by atoms with Gasteiger partial charge in [-0.1, -0.05) is 24.3 Å². The number of hydrogen-bond acceptors (Lipinski definition) is 8. The molecule has 0 amide bonds. The molecule has 0 aliphatic heterocycles. The molecule has 0 radical (unpaired) electrons. The molecule has 8 nitrogen and oxygen atoms in total. The van der Waals surface area contributed by atoms with Gasteiger partial charge in [0.1, 0.15) is 11.5 Å². The van der Waals surface area contributed by atoms with Crippen molar-refractivity contribution in [2.24, 2.45) is 0 Å². The van der Waals surface area contributed by atoms with E-state index in [1.54, 1.807) is 64.8 Å². The Labute approximate surface area is 403 Å². The predicted octanol–water partition coefficient (Wildman–Crippen LogP) is 11.3. The quantitative estimate of drug-likeness (QED) is 0.0650. The summed E-state index contributed by atoms with van der Waals surface area (Å²) in [5.41, 5.74) is 6.10. The van der Waals surface area contributed by atoms with E-state index in [2.05, 4.69) is 84.9 Å². The van der Waals surface area contributed by atoms with Crippen LogP contribution in [0, 0.1) is 0 Å². The van der Waals surface area contributed by atoms with Crippen molar-refractivity contribution < 1.29 is 38.8 Å². The van der Waals surface area contributed by atoms with Gasteiger partial charge in [-0.25, -0.2) is 0 Å². The number of benzene rings is 9. The molecule has 0 aromatic heterocycles. The van der Waals surface area contributed by atoms with Crippen molar-refractivity contribution >= 4 is 28.0 Å². The van der Waals surface area contributed by atoms with Crippen LogP contribution in [-0.4, -0.2) is 43.8 Å². The van der Waals surface area contributed by atoms with Gasteiger partial charge in [0.15, 0.2) is 0 Å². The third-order valence-electron chi connectivity index (χ3n) is 13.0. The summed E-state index contributed by atoms with van der Waals surface area (Å²) in [5.74, 6) is 3.67. The molecule has 9 heteroatoms. The van der Waals surface area contributed by atoms with Gasteiger partial charge in [-0.3, -0.25) is 0 Å². The Morgan fingerprint density at radius 1 is 0.261 bits per heavy atom. The van der Waals surface area contributed by atoms with Gasteiger partial charge in [-0.2, -0.15) is 0 Å². The molecule has 9 aromatic carbocycles. The second-order valence-electron chi connectivity index (χ2n) is 16.8. The molecule has 9 aromatic rings. The molecule has 69 heavy (non-hydrogen) atoms. The van der Waals surface area contributed by atoms with Gasteiger partial charge in [0, 0.05) is 0 Å². The van der Waals surface area contributed by atoms with Gasteiger partial charge < -0.3 is 10.2 Å². The number of aromatic hydroxyl groups is 3. The Bertz CT molecular complexity index is 2860. The van der Waals surface area contributed by atoms with Crippen LogP contribution in [-0.2, 0) is 0 Å². The molecule has 1 unspecified atom stereocenters. The van der Waals surface area contributed by atoms with Crippen LogP contribution in [0.2, 0.25) is 0 Å². The molecule has 0 aliphatic carbocycles. The Kier molecular flexibility index (Phi) is 13.0. The van der Waals surface area contributed by atoms with Crippen molar-refractivity contribution in [2.45, 2.75) is 11.8 Å². The summed E-state index contributed by atoms with van der Waals surface area (Å²) in [6, 6.07) is 71.4. The third-order valence-corrected chi connectivity index (χ3v) is 18.8. The molecule has 0 heterocycles. The van der Waals surface area contributed by atoms with Crippen molar-refractivity contribution in [2.75, 3.05) is 28.4 Å². The number of hydrogen-bond donors (Lipinski definition) is 3. The zero-order valence-electron chi connectivity index (χ0n) is 38.8. The van der Waals surface area contributed by atoms with Crippen LogP contribution in [0.3, 0.4) is 0 Å². The van der Waals surface area contributed by atoms with Crippen LogP contribution in [0.1, 0.15) is 45.2 Å². The molecule has 0 bridgehead atoms. The van der Waals surface area contributed by atoms with Crippen molar-refractivity contribution in [1.82, 2.24) is 0 Å². The maximum absolute atomic E-state index is 10.4. The van der Waals surface area contributed by atoms with Crippen LogP contribution < -0.4 is 44.7 Å². The van der Waals surface area contributed by atoms with E-state index >= 15 is 0 Å². The molecule has 3 N–H and O–H groups in total. The molecule has 346 valence electrons. The van der Waals surface area contributed by atoms with Crippen molar-refractivity contribution in [3.05, 3.63) is 252 Å². The van der Waals surface area contributed by atoms with Crippen molar-refractivity contribution in [3.8, 4) is 46.0 Å². The topological polar surface area (TPSA) is 107 Å². The summed E-state index contributed by atoms with van der Waals surface area (Å²) >= 11 is 0. The number of ether oxygens (including phenoxy) is 4. The molecule has 0 fully saturated rings. The Balaban J connectivity index is 1.21. The van der Waals surface area contributed by atoms with E-state index in [1.165, 1.54) is 0 Å². The SMILES string of the molecule is COc1ccc(P(Oc2ccc(C(c3ccc(O)cc3)c3ccc(C(c4ccc(O)cc4)c4ccc(O)cc4)cc3)cc2)(c2ccc(OC)cc2)(c2ccc(OC)cc2)c2ccc(OC)cc2)cc1. The van der Waals surface area contributed by atoms with E-state index in [1.807, 2.05) is 97.1 Å². The average Bonchev–Trinajstić information content (AvgIpc) is 3.41. The molecule has 0 saturated carbocycles. The summed E-state index contributed by atoms with van der Waals surface area (Å²) < 4.78 is 30.9. The summed E-state index contributed by atoms with van der Waals surface area (Å²) in [4.78, 5) is 0. The summed E-state index contributed by atoms with van der Waals surface area (Å²) in [6.45, 7) is -4.32. The third kappa shape index (κ3) is 8.67. The number of methoxy groups -OCH3 is 4. The van der Waals surface area contributed by atoms with E-state index in [-0.39, 0.29) is 29.1 Å². The number of rotatable bonds is 16. The Morgan fingerprint density at radius 2 is 0.449 bits per heavy atom. The van der Waals surface area contributed by atoms with E-state index in [0.29, 0.717) is 28.7 Å². The van der Waals surface area contributed by atoms with E-state index in [9.17, 15) is 15.3 Å². The average molecular weight is 933 g/mol. The summed E-state index contributed by atoms with van der Waals surface area (Å²) in [7, 11) is 6.65. The van der Waals surface area contributed by atoms with Crippen LogP contribution in [0.15, 0.2) is 218 Å². The molecule has 0 spiro atoms. The first-order valence-corrected chi connectivity index (χ1v) is 24.7. The minimum absolute atomic E-state index is 0.159. The van der Waals surface area contributed by atoms with Gasteiger partial charge in [-0.15, -0.1) is 0 Å². The zero-order valence-corrected chi connectivity index (χ0v) is 39.7. The van der Waals surface area contributed by atoms with Gasteiger partial charge >= 0.3 is 335 Å². The van der Waals surface area contributed by atoms with Crippen LogP contribution in [0.5, 0.6) is 46.0 Å². The van der Waals surface area contributed by atoms with Gasteiger partial charge in [0.2, 0.25) is 0 Å². The fourth-order valence-corrected chi connectivity index (χ4v) is 15.2. The van der Waals surface area contributed by atoms with Gasteiger partial charge in [0.25, 0.3) is 0 Å². The van der Waals surface area contributed by atoms with Gasteiger partial charge in [0.05, 0.1) is 0 Å². The zero-order chi connectivity index (χ0) is 48.0. The molecule has 0 saturated heterocycles. The van der Waals surface area contributed by atoms with E-state index in [0.717, 1.165) is 54.6 Å². The number of phenolic OH excluding ortho intramolecular Hbond substituents is 3. The Morgan fingerprint density at radius 3 is 0.667 bits per heavy atom. The van der Waals surface area contributed by atoms with Crippen LogP contribution >= 0.6 is 6.83 Å². The molecule has 9 rings (SSSR count). The maximum atomic E-state index is 10.4. The van der Waals surface area contributed by atoms with E-state index in [4.69, 9.17) is 23.5 Å². The van der Waals surface area contributed by atoms with Crippen LogP contribution in [0.4, 0.5) is 0 Å². The fourth-order valence-electron chi connectivity index (χ4n) is 9.54. The van der Waals surface area contributed by atoms with E-state index < -0.39 is 6.83 Å².